The molecule has 0 atom stereocenters. The zero-order valence-corrected chi connectivity index (χ0v) is 22.0. The molecule has 0 aliphatic carbocycles. The fourth-order valence-electron chi connectivity index (χ4n) is 4.32. The Labute approximate surface area is 212 Å². The number of anilines is 1. The number of fused-ring (bicyclic) bond motifs is 1. The number of carbonyl (C=O) groups excluding carboxylic acids is 1. The minimum Gasteiger partial charge on any atom is -0.494 e. The minimum absolute atomic E-state index is 0.0149. The van der Waals surface area contributed by atoms with Crippen molar-refractivity contribution in [3.63, 3.8) is 0 Å². The van der Waals surface area contributed by atoms with Gasteiger partial charge in [0.1, 0.15) is 5.75 Å². The van der Waals surface area contributed by atoms with Crippen LogP contribution in [0.5, 0.6) is 5.75 Å². The van der Waals surface area contributed by atoms with E-state index in [1.807, 2.05) is 29.2 Å². The number of benzene rings is 2. The van der Waals surface area contributed by atoms with Crippen molar-refractivity contribution in [2.24, 2.45) is 0 Å². The number of unbranched alkanes of at least 4 members (excludes halogenated alkanes) is 2. The van der Waals surface area contributed by atoms with Gasteiger partial charge >= 0.3 is 0 Å². The Morgan fingerprint density at radius 1 is 1.06 bits per heavy atom. The lowest BCUT2D eigenvalue weighted by Crippen LogP contribution is -2.39. The van der Waals surface area contributed by atoms with E-state index < -0.39 is 0 Å². The zero-order chi connectivity index (χ0) is 24.6. The summed E-state index contributed by atoms with van der Waals surface area (Å²) in [5.41, 5.74) is 3.98. The van der Waals surface area contributed by atoms with E-state index >= 15 is 0 Å². The van der Waals surface area contributed by atoms with Crippen molar-refractivity contribution in [3.05, 3.63) is 53.1 Å². The van der Waals surface area contributed by atoms with E-state index in [0.717, 1.165) is 78.8 Å². The minimum atomic E-state index is -0.0149. The number of hydrogen-bond donors (Lipinski definition) is 0. The van der Waals surface area contributed by atoms with Gasteiger partial charge < -0.3 is 9.47 Å². The Morgan fingerprint density at radius 3 is 2.51 bits per heavy atom. The van der Waals surface area contributed by atoms with Gasteiger partial charge in [0, 0.05) is 31.7 Å². The van der Waals surface area contributed by atoms with Crippen LogP contribution in [-0.4, -0.2) is 61.8 Å². The molecule has 0 spiro atoms. The van der Waals surface area contributed by atoms with Crippen molar-refractivity contribution in [3.8, 4) is 5.75 Å². The number of carbonyl (C=O) groups is 1. The molecule has 7 heteroatoms. The fourth-order valence-corrected chi connectivity index (χ4v) is 5.45. The summed E-state index contributed by atoms with van der Waals surface area (Å²) in [5, 5.41) is 0.768. The summed E-state index contributed by atoms with van der Waals surface area (Å²) in [6.45, 7) is 12.1. The molecule has 188 valence electrons. The van der Waals surface area contributed by atoms with E-state index in [2.05, 4.69) is 37.8 Å². The van der Waals surface area contributed by atoms with Crippen LogP contribution in [0.4, 0.5) is 5.13 Å². The fraction of sp³-hybridized carbons (Fsp3) is 0.500. The second-order valence-corrected chi connectivity index (χ2v) is 10.2. The summed E-state index contributed by atoms with van der Waals surface area (Å²) in [4.78, 5) is 22.9. The van der Waals surface area contributed by atoms with Gasteiger partial charge in [-0.05, 0) is 62.1 Å². The largest absolute Gasteiger partial charge is 0.494 e. The molecule has 0 radical (unpaired) electrons. The lowest BCUT2D eigenvalue weighted by Gasteiger charge is -2.27. The number of rotatable bonds is 11. The molecule has 0 saturated carbocycles. The molecule has 1 aliphatic heterocycles. The second kappa shape index (κ2) is 12.5. The third kappa shape index (κ3) is 6.60. The Hall–Kier alpha value is -2.48. The maximum absolute atomic E-state index is 13.7. The number of nitrogens with zero attached hydrogens (tertiary/aromatic N) is 3. The smallest absolute Gasteiger partial charge is 0.260 e. The zero-order valence-electron chi connectivity index (χ0n) is 21.2. The summed E-state index contributed by atoms with van der Waals surface area (Å²) < 4.78 is 12.5. The maximum Gasteiger partial charge on any atom is 0.260 e. The van der Waals surface area contributed by atoms with E-state index in [0.29, 0.717) is 18.7 Å². The molecule has 4 rings (SSSR count). The first-order chi connectivity index (χ1) is 17.1. The average Bonchev–Trinajstić information content (AvgIpc) is 3.34. The molecule has 6 nitrogen and oxygen atoms in total. The quantitative estimate of drug-likeness (QED) is 0.312. The molecular weight excluding hydrogens is 458 g/mol. The second-order valence-electron chi connectivity index (χ2n) is 9.22. The maximum atomic E-state index is 13.7. The first kappa shape index (κ1) is 25.6. The number of morpholine rings is 1. The molecule has 1 amide bonds. The number of thiazole rings is 1. The van der Waals surface area contributed by atoms with Crippen molar-refractivity contribution in [1.29, 1.82) is 0 Å². The number of aryl methyl sites for hydroxylation is 2. The highest BCUT2D eigenvalue weighted by atomic mass is 32.1. The van der Waals surface area contributed by atoms with Gasteiger partial charge in [0.15, 0.2) is 5.13 Å². The first-order valence-corrected chi connectivity index (χ1v) is 13.6. The molecule has 2 heterocycles. The van der Waals surface area contributed by atoms with Crippen LogP contribution in [0.25, 0.3) is 10.2 Å². The Morgan fingerprint density at radius 2 is 1.80 bits per heavy atom. The van der Waals surface area contributed by atoms with Crippen LogP contribution >= 0.6 is 11.3 Å². The highest BCUT2D eigenvalue weighted by Gasteiger charge is 2.23. The van der Waals surface area contributed by atoms with Crippen LogP contribution in [0, 0.1) is 13.8 Å². The van der Waals surface area contributed by atoms with E-state index in [1.54, 1.807) is 11.3 Å². The van der Waals surface area contributed by atoms with Crippen molar-refractivity contribution in [2.45, 2.75) is 46.5 Å². The van der Waals surface area contributed by atoms with Crippen molar-refractivity contribution >= 4 is 32.6 Å². The van der Waals surface area contributed by atoms with Crippen LogP contribution in [-0.2, 0) is 4.74 Å². The van der Waals surface area contributed by atoms with Gasteiger partial charge in [-0.2, -0.15) is 0 Å². The first-order valence-electron chi connectivity index (χ1n) is 12.8. The Balaban J connectivity index is 1.52. The molecule has 1 fully saturated rings. The molecular formula is C28H37N3O3S. The van der Waals surface area contributed by atoms with Gasteiger partial charge in [-0.15, -0.1) is 0 Å². The van der Waals surface area contributed by atoms with E-state index in [-0.39, 0.29) is 5.91 Å². The summed E-state index contributed by atoms with van der Waals surface area (Å²) in [6, 6.07) is 11.8. The van der Waals surface area contributed by atoms with Crippen LogP contribution < -0.4 is 9.64 Å². The molecule has 1 aromatic heterocycles. The summed E-state index contributed by atoms with van der Waals surface area (Å²) in [7, 11) is 0. The average molecular weight is 496 g/mol. The Bertz CT molecular complexity index is 1070. The lowest BCUT2D eigenvalue weighted by molar-refractivity contribution is 0.0376. The normalized spacial score (nSPS) is 14.4. The van der Waals surface area contributed by atoms with Crippen LogP contribution in [0.1, 0.15) is 54.1 Å². The summed E-state index contributed by atoms with van der Waals surface area (Å²) >= 11 is 1.61. The molecule has 0 N–H and O–H groups in total. The molecule has 2 aromatic carbocycles. The van der Waals surface area contributed by atoms with Gasteiger partial charge in [0.25, 0.3) is 5.91 Å². The highest BCUT2D eigenvalue weighted by Crippen LogP contribution is 2.34. The van der Waals surface area contributed by atoms with Crippen LogP contribution in [0.15, 0.2) is 36.4 Å². The van der Waals surface area contributed by atoms with Gasteiger partial charge in [0.05, 0.1) is 30.0 Å². The van der Waals surface area contributed by atoms with Crippen LogP contribution in [0.3, 0.4) is 0 Å². The van der Waals surface area contributed by atoms with E-state index in [4.69, 9.17) is 14.5 Å². The number of amides is 1. The summed E-state index contributed by atoms with van der Waals surface area (Å²) in [5.74, 6) is 0.793. The predicted molar refractivity (Wildman–Crippen MR) is 144 cm³/mol. The van der Waals surface area contributed by atoms with Gasteiger partial charge in [-0.3, -0.25) is 14.6 Å². The molecule has 1 aliphatic rings. The van der Waals surface area contributed by atoms with Gasteiger partial charge in [0.2, 0.25) is 0 Å². The molecule has 35 heavy (non-hydrogen) atoms. The molecule has 0 bridgehead atoms. The third-order valence-corrected chi connectivity index (χ3v) is 7.70. The number of aromatic nitrogens is 1. The van der Waals surface area contributed by atoms with Crippen molar-refractivity contribution in [1.82, 2.24) is 9.88 Å². The molecule has 3 aromatic rings. The highest BCUT2D eigenvalue weighted by molar-refractivity contribution is 7.22. The molecule has 1 saturated heterocycles. The van der Waals surface area contributed by atoms with Gasteiger partial charge in [-0.25, -0.2) is 4.98 Å². The Kier molecular flexibility index (Phi) is 9.12. The van der Waals surface area contributed by atoms with Gasteiger partial charge in [-0.1, -0.05) is 43.2 Å². The monoisotopic (exact) mass is 495 g/mol. The number of ether oxygens (including phenoxy) is 2. The standard InChI is InChI=1S/C28H37N3O3S/c1-4-5-6-18-34-24-12-10-23(11-13-24)27(32)31(15-7-14-30-16-19-33-20-17-30)28-29-25-21(2)8-9-22(3)26(25)35-28/h8-13H,4-7,14-20H2,1-3H3. The van der Waals surface area contributed by atoms with E-state index in [1.165, 1.54) is 12.0 Å². The predicted octanol–water partition coefficient (Wildman–Crippen LogP) is 5.85. The number of hydrogen-bond acceptors (Lipinski definition) is 6. The van der Waals surface area contributed by atoms with Crippen LogP contribution in [0.2, 0.25) is 0 Å². The van der Waals surface area contributed by atoms with Crippen molar-refractivity contribution < 1.29 is 14.3 Å². The third-order valence-electron chi connectivity index (χ3n) is 6.48. The lowest BCUT2D eigenvalue weighted by atomic mass is 10.1. The van der Waals surface area contributed by atoms with Crippen molar-refractivity contribution in [2.75, 3.05) is 50.9 Å². The molecule has 0 unspecified atom stereocenters. The SMILES string of the molecule is CCCCCOc1ccc(C(=O)N(CCCN2CCOCC2)c2nc3c(C)ccc(C)c3s2)cc1. The van der Waals surface area contributed by atoms with E-state index in [9.17, 15) is 4.79 Å². The topological polar surface area (TPSA) is 54.9 Å². The summed E-state index contributed by atoms with van der Waals surface area (Å²) in [6.07, 6.45) is 4.27.